The van der Waals surface area contributed by atoms with E-state index in [0.29, 0.717) is 24.7 Å². The SMILES string of the molecule is CCS(=O)(=O)N(CC(=O)N(Cc1ccccc1F)[C@H](Cc1ccccc1)C(=O)NC1CCCC1)c1ccc2c(c1)OCCO2. The fourth-order valence-corrected chi connectivity index (χ4v) is 6.69. The van der Waals surface area contributed by atoms with E-state index in [1.807, 2.05) is 30.3 Å². The predicted octanol–water partition coefficient (Wildman–Crippen LogP) is 4.45. The number of carbonyl (C=O) groups is 2. The summed E-state index contributed by atoms with van der Waals surface area (Å²) in [4.78, 5) is 29.6. The summed E-state index contributed by atoms with van der Waals surface area (Å²) in [5.74, 6) is -0.925. The van der Waals surface area contributed by atoms with Crippen molar-refractivity contribution >= 4 is 27.5 Å². The minimum Gasteiger partial charge on any atom is -0.486 e. The summed E-state index contributed by atoms with van der Waals surface area (Å²) < 4.78 is 54.1. The molecule has 3 aromatic rings. The van der Waals surface area contributed by atoms with E-state index in [-0.39, 0.29) is 41.9 Å². The molecule has 1 aliphatic carbocycles. The summed E-state index contributed by atoms with van der Waals surface area (Å²) in [6.45, 7) is 1.37. The van der Waals surface area contributed by atoms with Crippen LogP contribution in [0.15, 0.2) is 72.8 Å². The highest BCUT2D eigenvalue weighted by Crippen LogP contribution is 2.35. The van der Waals surface area contributed by atoms with Gasteiger partial charge >= 0.3 is 0 Å². The normalized spacial score (nSPS) is 15.4. The van der Waals surface area contributed by atoms with Crippen LogP contribution in [-0.2, 0) is 32.6 Å². The lowest BCUT2D eigenvalue weighted by Gasteiger charge is -2.34. The lowest BCUT2D eigenvalue weighted by molar-refractivity contribution is -0.140. The molecule has 11 heteroatoms. The summed E-state index contributed by atoms with van der Waals surface area (Å²) in [7, 11) is -3.96. The smallest absolute Gasteiger partial charge is 0.244 e. The van der Waals surface area contributed by atoms with Crippen molar-refractivity contribution < 1.29 is 31.9 Å². The first-order chi connectivity index (χ1) is 21.2. The zero-order valence-electron chi connectivity index (χ0n) is 24.8. The minimum atomic E-state index is -3.96. The van der Waals surface area contributed by atoms with Gasteiger partial charge in [0.25, 0.3) is 0 Å². The third-order valence-electron chi connectivity index (χ3n) is 8.06. The first-order valence-electron chi connectivity index (χ1n) is 15.0. The number of hydrogen-bond donors (Lipinski definition) is 1. The van der Waals surface area contributed by atoms with E-state index < -0.39 is 34.3 Å². The van der Waals surface area contributed by atoms with Gasteiger partial charge in [0.2, 0.25) is 21.8 Å². The quantitative estimate of drug-likeness (QED) is 0.320. The van der Waals surface area contributed by atoms with Gasteiger partial charge in [-0.1, -0.05) is 61.4 Å². The lowest BCUT2D eigenvalue weighted by atomic mass is 10.0. The molecule has 1 saturated carbocycles. The Balaban J connectivity index is 1.53. The van der Waals surface area contributed by atoms with E-state index in [1.165, 1.54) is 24.0 Å². The second kappa shape index (κ2) is 14.1. The van der Waals surface area contributed by atoms with Gasteiger partial charge in [-0.25, -0.2) is 12.8 Å². The number of fused-ring (bicyclic) bond motifs is 1. The molecule has 44 heavy (non-hydrogen) atoms. The average molecular weight is 624 g/mol. The van der Waals surface area contributed by atoms with Gasteiger partial charge in [-0.05, 0) is 43.5 Å². The van der Waals surface area contributed by atoms with E-state index in [4.69, 9.17) is 9.47 Å². The number of halogens is 1. The number of sulfonamides is 1. The maximum absolute atomic E-state index is 15.0. The number of nitrogens with one attached hydrogen (secondary N) is 1. The summed E-state index contributed by atoms with van der Waals surface area (Å²) in [5, 5.41) is 3.11. The van der Waals surface area contributed by atoms with E-state index in [0.717, 1.165) is 35.6 Å². The molecule has 1 N–H and O–H groups in total. The Bertz CT molecular complexity index is 1560. The molecule has 0 spiro atoms. The molecule has 1 heterocycles. The van der Waals surface area contributed by atoms with Crippen LogP contribution in [0.2, 0.25) is 0 Å². The molecule has 2 amide bonds. The van der Waals surface area contributed by atoms with Crippen molar-refractivity contribution in [3.8, 4) is 11.5 Å². The Hall–Kier alpha value is -4.12. The van der Waals surface area contributed by atoms with Gasteiger partial charge in [0.05, 0.1) is 11.4 Å². The maximum Gasteiger partial charge on any atom is 0.244 e. The van der Waals surface area contributed by atoms with Gasteiger partial charge in [-0.2, -0.15) is 0 Å². The topological polar surface area (TPSA) is 105 Å². The van der Waals surface area contributed by atoms with Gasteiger partial charge in [0.15, 0.2) is 11.5 Å². The van der Waals surface area contributed by atoms with E-state index >= 15 is 0 Å². The Morgan fingerprint density at radius 2 is 1.64 bits per heavy atom. The van der Waals surface area contributed by atoms with Crippen LogP contribution in [0, 0.1) is 5.82 Å². The van der Waals surface area contributed by atoms with E-state index in [1.54, 1.807) is 30.3 Å². The van der Waals surface area contributed by atoms with Crippen molar-refractivity contribution in [1.82, 2.24) is 10.2 Å². The molecular weight excluding hydrogens is 585 g/mol. The molecule has 0 aromatic heterocycles. The average Bonchev–Trinajstić information content (AvgIpc) is 3.55. The van der Waals surface area contributed by atoms with Crippen molar-refractivity contribution in [2.24, 2.45) is 0 Å². The third kappa shape index (κ3) is 7.50. The molecule has 1 fully saturated rings. The van der Waals surface area contributed by atoms with Crippen LogP contribution in [-0.4, -0.2) is 62.7 Å². The number of ether oxygens (including phenoxy) is 2. The zero-order chi connectivity index (χ0) is 31.1. The van der Waals surface area contributed by atoms with Crippen LogP contribution in [0.25, 0.3) is 0 Å². The number of anilines is 1. The molecule has 1 atom stereocenters. The van der Waals surface area contributed by atoms with Gasteiger partial charge in [-0.3, -0.25) is 13.9 Å². The highest BCUT2D eigenvalue weighted by Gasteiger charge is 2.35. The summed E-state index contributed by atoms with van der Waals surface area (Å²) in [6, 6.07) is 19.0. The summed E-state index contributed by atoms with van der Waals surface area (Å²) in [6.07, 6.45) is 3.87. The Labute approximate surface area is 258 Å². The summed E-state index contributed by atoms with van der Waals surface area (Å²) in [5.41, 5.74) is 1.26. The standard InChI is InChI=1S/C33H38FN3O6S/c1-2-44(40,41)37(27-16-17-30-31(21-27)43-19-18-42-30)23-32(38)36(22-25-12-6-9-15-28(25)34)29(20-24-10-4-3-5-11-24)33(39)35-26-13-7-8-14-26/h3-6,9-12,15-17,21,26,29H,2,7-8,13-14,18-20,22-23H2,1H3,(H,35,39)/t29-/m1/s1. The Kier molecular flexibility index (Phi) is 10.0. The van der Waals surface area contributed by atoms with E-state index in [2.05, 4.69) is 5.32 Å². The Morgan fingerprint density at radius 1 is 0.955 bits per heavy atom. The van der Waals surface area contributed by atoms with Crippen LogP contribution >= 0.6 is 0 Å². The highest BCUT2D eigenvalue weighted by molar-refractivity contribution is 7.92. The van der Waals surface area contributed by atoms with Crippen LogP contribution in [0.5, 0.6) is 11.5 Å². The lowest BCUT2D eigenvalue weighted by Crippen LogP contribution is -2.54. The maximum atomic E-state index is 15.0. The molecule has 0 bridgehead atoms. The first kappa shape index (κ1) is 31.3. The van der Waals surface area contributed by atoms with Crippen LogP contribution in [0.3, 0.4) is 0 Å². The molecule has 1 aliphatic heterocycles. The second-order valence-corrected chi connectivity index (χ2v) is 13.2. The first-order valence-corrected chi connectivity index (χ1v) is 16.6. The zero-order valence-corrected chi connectivity index (χ0v) is 25.6. The van der Waals surface area contributed by atoms with Crippen molar-refractivity contribution in [3.05, 3.63) is 89.7 Å². The molecule has 5 rings (SSSR count). The molecular formula is C33H38FN3O6S. The second-order valence-electron chi connectivity index (χ2n) is 11.0. The molecule has 0 saturated heterocycles. The number of benzene rings is 3. The van der Waals surface area contributed by atoms with Gasteiger partial charge in [-0.15, -0.1) is 0 Å². The number of rotatable bonds is 12. The van der Waals surface area contributed by atoms with E-state index in [9.17, 15) is 22.4 Å². The molecule has 0 unspecified atom stereocenters. The monoisotopic (exact) mass is 623 g/mol. The summed E-state index contributed by atoms with van der Waals surface area (Å²) >= 11 is 0. The minimum absolute atomic E-state index is 0.0131. The van der Waals surface area contributed by atoms with Crippen molar-refractivity contribution in [2.45, 2.75) is 57.7 Å². The molecule has 0 radical (unpaired) electrons. The third-order valence-corrected chi connectivity index (χ3v) is 9.81. The molecule has 9 nitrogen and oxygen atoms in total. The number of carbonyl (C=O) groups excluding carboxylic acids is 2. The Morgan fingerprint density at radius 3 is 2.34 bits per heavy atom. The van der Waals surface area contributed by atoms with Crippen LogP contribution in [0.4, 0.5) is 10.1 Å². The van der Waals surface area contributed by atoms with Crippen molar-refractivity contribution in [1.29, 1.82) is 0 Å². The number of nitrogens with zero attached hydrogens (tertiary/aromatic N) is 2. The molecule has 2 aliphatic rings. The van der Waals surface area contributed by atoms with Crippen LogP contribution in [0.1, 0.15) is 43.7 Å². The molecule has 234 valence electrons. The van der Waals surface area contributed by atoms with Crippen LogP contribution < -0.4 is 19.1 Å². The van der Waals surface area contributed by atoms with Crippen molar-refractivity contribution in [2.75, 3.05) is 29.8 Å². The highest BCUT2D eigenvalue weighted by atomic mass is 32.2. The number of hydrogen-bond acceptors (Lipinski definition) is 6. The van der Waals surface area contributed by atoms with Gasteiger partial charge in [0.1, 0.15) is 31.6 Å². The number of amides is 2. The fraction of sp³-hybridized carbons (Fsp3) is 0.394. The van der Waals surface area contributed by atoms with Crippen molar-refractivity contribution in [3.63, 3.8) is 0 Å². The van der Waals surface area contributed by atoms with Gasteiger partial charge in [0, 0.05) is 30.6 Å². The fourth-order valence-electron chi connectivity index (χ4n) is 5.64. The predicted molar refractivity (Wildman–Crippen MR) is 166 cm³/mol. The molecule has 3 aromatic carbocycles. The van der Waals surface area contributed by atoms with Gasteiger partial charge < -0.3 is 19.7 Å². The largest absolute Gasteiger partial charge is 0.486 e.